The maximum absolute atomic E-state index is 13.5. The van der Waals surface area contributed by atoms with Crippen LogP contribution in [0, 0.1) is 12.8 Å². The molecule has 1 aliphatic carbocycles. The molecule has 0 spiro atoms. The highest BCUT2D eigenvalue weighted by Crippen LogP contribution is 2.40. The van der Waals surface area contributed by atoms with E-state index in [1.54, 1.807) is 0 Å². The van der Waals surface area contributed by atoms with E-state index in [1.165, 1.54) is 37.9 Å². The molecule has 1 heterocycles. The number of ether oxygens (including phenoxy) is 1. The smallest absolute Gasteiger partial charge is 0.235 e. The predicted molar refractivity (Wildman–Crippen MR) is 131 cm³/mol. The van der Waals surface area contributed by atoms with Crippen LogP contribution in [0.25, 0.3) is 0 Å². The van der Waals surface area contributed by atoms with E-state index in [0.29, 0.717) is 6.61 Å². The molecule has 4 nitrogen and oxygen atoms in total. The zero-order valence-corrected chi connectivity index (χ0v) is 19.7. The standard InChI is InChI=1S/C28H38N2O2/c1-22-8-10-24(11-9-22)28(16-4-3-5-17-28)27(31)29-25-12-14-26(15-13-25)32-20-19-30-18-6-7-23(2)21-30/h8-15,23H,3-7,16-21H2,1-2H3,(H,29,31)/t23-/m0/s1. The number of amides is 1. The molecule has 1 N–H and O–H groups in total. The number of likely N-dealkylation sites (tertiary alicyclic amines) is 1. The number of piperidine rings is 1. The van der Waals surface area contributed by atoms with Crippen molar-refractivity contribution in [2.24, 2.45) is 5.92 Å². The van der Waals surface area contributed by atoms with E-state index in [9.17, 15) is 4.79 Å². The predicted octanol–water partition coefficient (Wildman–Crippen LogP) is 5.95. The van der Waals surface area contributed by atoms with Gasteiger partial charge in [0.05, 0.1) is 5.41 Å². The Bertz CT molecular complexity index is 869. The van der Waals surface area contributed by atoms with Gasteiger partial charge in [-0.3, -0.25) is 9.69 Å². The zero-order chi connectivity index (χ0) is 22.4. The molecule has 2 aromatic rings. The minimum absolute atomic E-state index is 0.119. The minimum atomic E-state index is -0.424. The highest BCUT2D eigenvalue weighted by Gasteiger charge is 2.41. The fourth-order valence-electron chi connectivity index (χ4n) is 5.34. The summed E-state index contributed by atoms with van der Waals surface area (Å²) in [5.41, 5.74) is 2.79. The first-order chi connectivity index (χ1) is 15.5. The fraction of sp³-hybridized carbons (Fsp3) is 0.536. The highest BCUT2D eigenvalue weighted by molar-refractivity contribution is 5.99. The second-order valence-electron chi connectivity index (χ2n) is 9.88. The van der Waals surface area contributed by atoms with Gasteiger partial charge in [-0.15, -0.1) is 0 Å². The first-order valence-corrected chi connectivity index (χ1v) is 12.4. The molecule has 1 saturated carbocycles. The zero-order valence-electron chi connectivity index (χ0n) is 19.7. The Labute approximate surface area is 193 Å². The number of aryl methyl sites for hydroxylation is 1. The van der Waals surface area contributed by atoms with Crippen LogP contribution in [0.2, 0.25) is 0 Å². The van der Waals surface area contributed by atoms with E-state index in [4.69, 9.17) is 4.74 Å². The van der Waals surface area contributed by atoms with Crippen molar-refractivity contribution < 1.29 is 9.53 Å². The molecule has 0 bridgehead atoms. The van der Waals surface area contributed by atoms with Crippen molar-refractivity contribution in [1.29, 1.82) is 0 Å². The molecular weight excluding hydrogens is 396 g/mol. The molecule has 4 heteroatoms. The Morgan fingerprint density at radius 1 is 1.03 bits per heavy atom. The summed E-state index contributed by atoms with van der Waals surface area (Å²) < 4.78 is 5.97. The number of benzene rings is 2. The van der Waals surface area contributed by atoms with Crippen LogP contribution in [0.3, 0.4) is 0 Å². The maximum Gasteiger partial charge on any atom is 0.235 e. The summed E-state index contributed by atoms with van der Waals surface area (Å²) in [6, 6.07) is 16.4. The van der Waals surface area contributed by atoms with Gasteiger partial charge in [-0.1, -0.05) is 56.0 Å². The number of carbonyl (C=O) groups is 1. The van der Waals surface area contributed by atoms with E-state index in [-0.39, 0.29) is 5.91 Å². The lowest BCUT2D eigenvalue weighted by Gasteiger charge is -2.36. The number of rotatable bonds is 7. The topological polar surface area (TPSA) is 41.6 Å². The van der Waals surface area contributed by atoms with Gasteiger partial charge in [0.15, 0.2) is 0 Å². The summed E-state index contributed by atoms with van der Waals surface area (Å²) in [4.78, 5) is 16.0. The Balaban J connectivity index is 1.35. The lowest BCUT2D eigenvalue weighted by molar-refractivity contribution is -0.122. The van der Waals surface area contributed by atoms with Crippen molar-refractivity contribution in [1.82, 2.24) is 4.90 Å². The molecule has 4 rings (SSSR count). The molecule has 2 aliphatic rings. The largest absolute Gasteiger partial charge is 0.492 e. The summed E-state index contributed by atoms with van der Waals surface area (Å²) in [5, 5.41) is 3.20. The van der Waals surface area contributed by atoms with Gasteiger partial charge in [-0.25, -0.2) is 0 Å². The van der Waals surface area contributed by atoms with Gasteiger partial charge in [0.1, 0.15) is 12.4 Å². The van der Waals surface area contributed by atoms with Gasteiger partial charge in [-0.2, -0.15) is 0 Å². The summed E-state index contributed by atoms with van der Waals surface area (Å²) in [5.74, 6) is 1.77. The van der Waals surface area contributed by atoms with Gasteiger partial charge in [0.25, 0.3) is 0 Å². The van der Waals surface area contributed by atoms with Crippen LogP contribution >= 0.6 is 0 Å². The molecule has 1 amide bonds. The third-order valence-electron chi connectivity index (χ3n) is 7.28. The molecule has 0 aromatic heterocycles. The third kappa shape index (κ3) is 5.53. The highest BCUT2D eigenvalue weighted by atomic mass is 16.5. The SMILES string of the molecule is Cc1ccc(C2(C(=O)Nc3ccc(OCCN4CCC[C@H](C)C4)cc3)CCCCC2)cc1. The van der Waals surface area contributed by atoms with E-state index in [2.05, 4.69) is 48.3 Å². The third-order valence-corrected chi connectivity index (χ3v) is 7.28. The monoisotopic (exact) mass is 434 g/mol. The molecule has 0 radical (unpaired) electrons. The molecule has 172 valence electrons. The average molecular weight is 435 g/mol. The van der Waals surface area contributed by atoms with Crippen molar-refractivity contribution in [2.45, 2.75) is 64.2 Å². The van der Waals surface area contributed by atoms with Crippen LogP contribution in [0.15, 0.2) is 48.5 Å². The van der Waals surface area contributed by atoms with Crippen LogP contribution in [0.4, 0.5) is 5.69 Å². The molecule has 32 heavy (non-hydrogen) atoms. The quantitative estimate of drug-likeness (QED) is 0.586. The van der Waals surface area contributed by atoms with Crippen molar-refractivity contribution in [3.8, 4) is 5.75 Å². The molecule has 2 aromatic carbocycles. The second-order valence-corrected chi connectivity index (χ2v) is 9.88. The van der Waals surface area contributed by atoms with Gasteiger partial charge in [0, 0.05) is 18.8 Å². The summed E-state index contributed by atoms with van der Waals surface area (Å²) in [7, 11) is 0. The first kappa shape index (κ1) is 22.8. The summed E-state index contributed by atoms with van der Waals surface area (Å²) >= 11 is 0. The number of carbonyl (C=O) groups excluding carboxylic acids is 1. The van der Waals surface area contributed by atoms with Gasteiger partial charge in [-0.05, 0) is 74.9 Å². The van der Waals surface area contributed by atoms with E-state index < -0.39 is 5.41 Å². The Hall–Kier alpha value is -2.33. The molecular formula is C28H38N2O2. The van der Waals surface area contributed by atoms with E-state index in [1.807, 2.05) is 24.3 Å². The number of nitrogens with zero attached hydrogens (tertiary/aromatic N) is 1. The Morgan fingerprint density at radius 2 is 1.75 bits per heavy atom. The van der Waals surface area contributed by atoms with E-state index >= 15 is 0 Å². The van der Waals surface area contributed by atoms with Crippen molar-refractivity contribution >= 4 is 11.6 Å². The number of hydrogen-bond acceptors (Lipinski definition) is 3. The summed E-state index contributed by atoms with van der Waals surface area (Å²) in [6.45, 7) is 8.46. The molecule has 1 atom stereocenters. The van der Waals surface area contributed by atoms with Gasteiger partial charge < -0.3 is 10.1 Å². The average Bonchev–Trinajstić information content (AvgIpc) is 2.81. The fourth-order valence-corrected chi connectivity index (χ4v) is 5.34. The normalized spacial score (nSPS) is 21.1. The van der Waals surface area contributed by atoms with Crippen LogP contribution in [-0.2, 0) is 10.2 Å². The van der Waals surface area contributed by atoms with Crippen molar-refractivity contribution in [3.63, 3.8) is 0 Å². The molecule has 0 unspecified atom stereocenters. The Kier molecular flexibility index (Phi) is 7.51. The lowest BCUT2D eigenvalue weighted by atomic mass is 9.68. The van der Waals surface area contributed by atoms with Crippen LogP contribution in [-0.4, -0.2) is 37.0 Å². The number of anilines is 1. The minimum Gasteiger partial charge on any atom is -0.492 e. The van der Waals surface area contributed by atoms with Gasteiger partial charge in [0.2, 0.25) is 5.91 Å². The molecule has 2 fully saturated rings. The van der Waals surface area contributed by atoms with E-state index in [0.717, 1.165) is 55.1 Å². The van der Waals surface area contributed by atoms with Crippen LogP contribution < -0.4 is 10.1 Å². The molecule has 1 saturated heterocycles. The number of hydrogen-bond donors (Lipinski definition) is 1. The van der Waals surface area contributed by atoms with Crippen LogP contribution in [0.5, 0.6) is 5.75 Å². The lowest BCUT2D eigenvalue weighted by Crippen LogP contribution is -2.42. The number of nitrogens with one attached hydrogen (secondary N) is 1. The van der Waals surface area contributed by atoms with Crippen molar-refractivity contribution in [2.75, 3.05) is 31.6 Å². The van der Waals surface area contributed by atoms with Crippen molar-refractivity contribution in [3.05, 3.63) is 59.7 Å². The second kappa shape index (κ2) is 10.5. The first-order valence-electron chi connectivity index (χ1n) is 12.4. The maximum atomic E-state index is 13.5. The van der Waals surface area contributed by atoms with Crippen LogP contribution in [0.1, 0.15) is 63.0 Å². The van der Waals surface area contributed by atoms with Gasteiger partial charge >= 0.3 is 0 Å². The molecule has 1 aliphatic heterocycles. The Morgan fingerprint density at radius 3 is 2.44 bits per heavy atom. The summed E-state index contributed by atoms with van der Waals surface area (Å²) in [6.07, 6.45) is 7.88.